The zero-order valence-electron chi connectivity index (χ0n) is 24.0. The molecule has 1 aliphatic carbocycles. The molecule has 1 aliphatic heterocycles. The molecule has 9 nitrogen and oxygen atoms in total. The van der Waals surface area contributed by atoms with Gasteiger partial charge >= 0.3 is 0 Å². The minimum atomic E-state index is -0.737. The second-order valence-corrected chi connectivity index (χ2v) is 11.0. The average Bonchev–Trinajstić information content (AvgIpc) is 3.38. The normalized spacial score (nSPS) is 16.8. The fraction of sp³-hybridized carbons (Fsp3) is 0.394. The Bertz CT molecular complexity index is 1430. The van der Waals surface area contributed by atoms with E-state index >= 15 is 0 Å². The Hall–Kier alpha value is -4.08. The molecule has 9 heteroatoms. The van der Waals surface area contributed by atoms with Crippen LogP contribution in [0.2, 0.25) is 0 Å². The van der Waals surface area contributed by atoms with Crippen LogP contribution in [-0.4, -0.2) is 58.1 Å². The summed E-state index contributed by atoms with van der Waals surface area (Å²) in [5.41, 5.74) is 10.6. The van der Waals surface area contributed by atoms with Crippen molar-refractivity contribution >= 4 is 23.5 Å². The highest BCUT2D eigenvalue weighted by molar-refractivity contribution is 5.83. The number of ether oxygens (including phenoxy) is 1. The molecule has 1 atom stereocenters. The van der Waals surface area contributed by atoms with Gasteiger partial charge in [-0.3, -0.25) is 14.5 Å². The Morgan fingerprint density at radius 1 is 0.976 bits per heavy atom. The van der Waals surface area contributed by atoms with Gasteiger partial charge < -0.3 is 20.4 Å². The van der Waals surface area contributed by atoms with Crippen molar-refractivity contribution in [2.45, 2.75) is 57.2 Å². The van der Waals surface area contributed by atoms with Gasteiger partial charge in [0, 0.05) is 19.3 Å². The third kappa shape index (κ3) is 7.60. The topological polar surface area (TPSA) is 115 Å². The first kappa shape index (κ1) is 29.4. The molecule has 2 amide bonds. The quantitative estimate of drug-likeness (QED) is 0.291. The summed E-state index contributed by atoms with van der Waals surface area (Å²) in [6.07, 6.45) is 9.18. The van der Waals surface area contributed by atoms with Gasteiger partial charge in [-0.15, -0.1) is 0 Å². The van der Waals surface area contributed by atoms with Crippen molar-refractivity contribution in [2.24, 2.45) is 5.73 Å². The first-order valence-corrected chi connectivity index (χ1v) is 14.9. The average molecular weight is 569 g/mol. The Kier molecular flexibility index (Phi) is 10.3. The van der Waals surface area contributed by atoms with Crippen LogP contribution in [0.25, 0.3) is 11.2 Å². The molecule has 2 aromatic carbocycles. The maximum atomic E-state index is 10.9. The summed E-state index contributed by atoms with van der Waals surface area (Å²) in [5.74, 6) is 1.28. The number of pyridine rings is 1. The van der Waals surface area contributed by atoms with Crippen molar-refractivity contribution in [3.05, 3.63) is 95.4 Å². The number of primary amides is 1. The van der Waals surface area contributed by atoms with E-state index in [2.05, 4.69) is 50.1 Å². The van der Waals surface area contributed by atoms with Gasteiger partial charge in [0.2, 0.25) is 12.3 Å². The monoisotopic (exact) mass is 568 g/mol. The summed E-state index contributed by atoms with van der Waals surface area (Å²) in [5, 5.41) is 2.34. The van der Waals surface area contributed by atoms with Gasteiger partial charge in [-0.25, -0.2) is 9.97 Å². The van der Waals surface area contributed by atoms with E-state index in [0.717, 1.165) is 62.3 Å². The summed E-state index contributed by atoms with van der Waals surface area (Å²) in [7, 11) is 0. The minimum Gasteiger partial charge on any atom is -0.379 e. The molecule has 0 radical (unpaired) electrons. The van der Waals surface area contributed by atoms with Crippen LogP contribution in [0.4, 0.5) is 0 Å². The van der Waals surface area contributed by atoms with Crippen LogP contribution in [0.3, 0.4) is 0 Å². The van der Waals surface area contributed by atoms with E-state index in [1.807, 2.05) is 18.3 Å². The maximum absolute atomic E-state index is 10.9. The van der Waals surface area contributed by atoms with Crippen molar-refractivity contribution in [3.8, 4) is 0 Å². The van der Waals surface area contributed by atoms with E-state index in [4.69, 9.17) is 15.5 Å². The molecule has 1 saturated carbocycles. The van der Waals surface area contributed by atoms with Gasteiger partial charge in [-0.2, -0.15) is 0 Å². The van der Waals surface area contributed by atoms with Crippen LogP contribution < -0.4 is 11.1 Å². The molecule has 2 fully saturated rings. The van der Waals surface area contributed by atoms with Crippen LogP contribution >= 0.6 is 0 Å². The number of imidazole rings is 1. The predicted molar refractivity (Wildman–Crippen MR) is 163 cm³/mol. The van der Waals surface area contributed by atoms with Gasteiger partial charge in [0.1, 0.15) is 17.4 Å². The third-order valence-corrected chi connectivity index (χ3v) is 8.10. The second kappa shape index (κ2) is 14.7. The lowest BCUT2D eigenvalue weighted by Gasteiger charge is -2.26. The van der Waals surface area contributed by atoms with E-state index in [9.17, 15) is 9.59 Å². The molecular weight excluding hydrogens is 528 g/mol. The third-order valence-electron chi connectivity index (χ3n) is 8.10. The standard InChI is InChI=1S/C24H30N4O.C9H10N2O2/c1-2-5-20(6-3-1)21-10-8-19(9-11-21)17-28-23(18-27-13-15-29-16-14-27)26-22-7-4-12-25-24(22)28;10-9(13)8(11-6-12)7-4-2-1-3-5-7/h4,7-12,20H,1-3,5-6,13-18H2;1-6,8H,(H2,10,13)(H,11,12). The molecule has 3 heterocycles. The second-order valence-electron chi connectivity index (χ2n) is 11.0. The lowest BCUT2D eigenvalue weighted by atomic mass is 9.84. The summed E-state index contributed by atoms with van der Waals surface area (Å²) >= 11 is 0. The first-order valence-electron chi connectivity index (χ1n) is 14.9. The molecule has 1 unspecified atom stereocenters. The maximum Gasteiger partial charge on any atom is 0.244 e. The van der Waals surface area contributed by atoms with Crippen molar-refractivity contribution in [1.29, 1.82) is 0 Å². The minimum absolute atomic E-state index is 0.461. The fourth-order valence-corrected chi connectivity index (χ4v) is 5.82. The van der Waals surface area contributed by atoms with Crippen molar-refractivity contribution in [3.63, 3.8) is 0 Å². The Labute approximate surface area is 247 Å². The summed E-state index contributed by atoms with van der Waals surface area (Å²) in [4.78, 5) is 33.0. The summed E-state index contributed by atoms with van der Waals surface area (Å²) in [6, 6.07) is 21.4. The van der Waals surface area contributed by atoms with E-state index in [-0.39, 0.29) is 0 Å². The Balaban J connectivity index is 0.000000229. The lowest BCUT2D eigenvalue weighted by molar-refractivity contribution is -0.122. The number of hydrogen-bond acceptors (Lipinski definition) is 6. The molecule has 2 aliphatic rings. The zero-order valence-corrected chi connectivity index (χ0v) is 24.0. The smallest absolute Gasteiger partial charge is 0.244 e. The van der Waals surface area contributed by atoms with E-state index < -0.39 is 11.9 Å². The summed E-state index contributed by atoms with van der Waals surface area (Å²) < 4.78 is 7.79. The number of carbonyl (C=O) groups is 2. The largest absolute Gasteiger partial charge is 0.379 e. The Morgan fingerprint density at radius 2 is 1.71 bits per heavy atom. The van der Waals surface area contributed by atoms with Crippen molar-refractivity contribution < 1.29 is 14.3 Å². The highest BCUT2D eigenvalue weighted by Gasteiger charge is 2.19. The molecule has 6 rings (SSSR count). The van der Waals surface area contributed by atoms with Crippen LogP contribution in [0, 0.1) is 0 Å². The highest BCUT2D eigenvalue weighted by atomic mass is 16.5. The number of benzene rings is 2. The number of amides is 2. The number of fused-ring (bicyclic) bond motifs is 1. The van der Waals surface area contributed by atoms with E-state index in [1.54, 1.807) is 24.3 Å². The molecule has 2 aromatic heterocycles. The molecule has 4 aromatic rings. The number of carbonyl (C=O) groups excluding carboxylic acids is 2. The van der Waals surface area contributed by atoms with Gasteiger partial charge in [-0.05, 0) is 47.6 Å². The van der Waals surface area contributed by atoms with Crippen LogP contribution in [0.15, 0.2) is 72.9 Å². The van der Waals surface area contributed by atoms with Gasteiger partial charge in [-0.1, -0.05) is 73.9 Å². The Morgan fingerprint density at radius 3 is 2.40 bits per heavy atom. The number of nitrogens with two attached hydrogens (primary N) is 1. The number of rotatable bonds is 9. The van der Waals surface area contributed by atoms with Gasteiger partial charge in [0.05, 0.1) is 26.3 Å². The van der Waals surface area contributed by atoms with Gasteiger partial charge in [0.15, 0.2) is 5.65 Å². The SMILES string of the molecule is NC(=O)C(NC=O)c1ccccc1.c1cnc2c(c1)nc(CN1CCOCC1)n2Cc1ccc(C2CCCCC2)cc1. The van der Waals surface area contributed by atoms with Crippen LogP contribution in [0.5, 0.6) is 0 Å². The number of nitrogens with one attached hydrogen (secondary N) is 1. The number of morpholine rings is 1. The fourth-order valence-electron chi connectivity index (χ4n) is 5.82. The molecule has 3 N–H and O–H groups in total. The van der Waals surface area contributed by atoms with Crippen LogP contribution in [0.1, 0.15) is 66.6 Å². The molecule has 0 bridgehead atoms. The molecule has 0 spiro atoms. The number of hydrogen-bond donors (Lipinski definition) is 2. The van der Waals surface area contributed by atoms with Crippen molar-refractivity contribution in [2.75, 3.05) is 26.3 Å². The van der Waals surface area contributed by atoms with E-state index in [0.29, 0.717) is 12.0 Å². The zero-order chi connectivity index (χ0) is 29.1. The molecule has 1 saturated heterocycles. The first-order chi connectivity index (χ1) is 20.6. The molecule has 220 valence electrons. The molecule has 42 heavy (non-hydrogen) atoms. The van der Waals surface area contributed by atoms with Crippen molar-refractivity contribution in [1.82, 2.24) is 24.8 Å². The molecular formula is C33H40N6O3. The summed E-state index contributed by atoms with van der Waals surface area (Å²) in [6.45, 7) is 5.21. The lowest BCUT2D eigenvalue weighted by Crippen LogP contribution is -2.36. The predicted octanol–water partition coefficient (Wildman–Crippen LogP) is 4.32. The number of nitrogens with zero attached hydrogens (tertiary/aromatic N) is 4. The van der Waals surface area contributed by atoms with E-state index in [1.165, 1.54) is 43.2 Å². The highest BCUT2D eigenvalue weighted by Crippen LogP contribution is 2.32. The van der Waals surface area contributed by atoms with Gasteiger partial charge in [0.25, 0.3) is 0 Å². The number of aromatic nitrogens is 3. The van der Waals surface area contributed by atoms with Crippen LogP contribution in [-0.2, 0) is 27.4 Å².